The monoisotopic (exact) mass is 642 g/mol. The Kier molecular flexibility index (Phi) is 10.8. The first kappa shape index (κ1) is 33.5. The summed E-state index contributed by atoms with van der Waals surface area (Å²) in [6, 6.07) is 48.6. The molecule has 0 unspecified atom stereocenters. The van der Waals surface area contributed by atoms with Crippen LogP contribution in [0.25, 0.3) is 25.7 Å². The van der Waals surface area contributed by atoms with Crippen molar-refractivity contribution in [3.05, 3.63) is 201 Å². The van der Waals surface area contributed by atoms with Crippen LogP contribution in [0.1, 0.15) is 22.3 Å². The highest BCUT2D eigenvalue weighted by atomic mass is 15.1. The molecule has 0 aliphatic rings. The van der Waals surface area contributed by atoms with Gasteiger partial charge in [-0.2, -0.15) is 20.2 Å². The predicted octanol–water partition coefficient (Wildman–Crippen LogP) is 10.1. The number of hydrogen-bond donors (Lipinski definition) is 0. The lowest BCUT2D eigenvalue weighted by molar-refractivity contribution is 0.945. The van der Waals surface area contributed by atoms with Crippen LogP contribution in [0, 0.1) is 53.7 Å². The number of hydrogen-bond acceptors (Lipinski definition) is 5. The van der Waals surface area contributed by atoms with Gasteiger partial charge in [0, 0.05) is 35.8 Å². The van der Waals surface area contributed by atoms with Crippen LogP contribution in [0.3, 0.4) is 0 Å². The molecular formula is C42H26N8. The van der Waals surface area contributed by atoms with Crippen LogP contribution in [0.4, 0.5) is 22.7 Å². The molecule has 8 nitrogen and oxygen atoms in total. The number of rotatable bonds is 10. The van der Waals surface area contributed by atoms with Crippen molar-refractivity contribution in [3.8, 4) is 18.2 Å². The molecule has 0 fully saturated rings. The quantitative estimate of drug-likeness (QED) is 0.112. The van der Waals surface area contributed by atoms with Gasteiger partial charge < -0.3 is 9.80 Å². The second-order valence-electron chi connectivity index (χ2n) is 10.9. The van der Waals surface area contributed by atoms with Crippen LogP contribution in [-0.2, 0) is 13.1 Å². The highest BCUT2D eigenvalue weighted by Crippen LogP contribution is 2.32. The third-order valence-corrected chi connectivity index (χ3v) is 7.86. The van der Waals surface area contributed by atoms with Crippen molar-refractivity contribution < 1.29 is 0 Å². The number of para-hydroxylation sites is 2. The van der Waals surface area contributed by atoms with Crippen molar-refractivity contribution in [3.63, 3.8) is 0 Å². The minimum atomic E-state index is -0.255. The van der Waals surface area contributed by atoms with Gasteiger partial charge in [0.1, 0.15) is 13.1 Å². The lowest BCUT2D eigenvalue weighted by Crippen LogP contribution is -2.18. The summed E-state index contributed by atoms with van der Waals surface area (Å²) in [5.74, 6) is -0.255. The van der Waals surface area contributed by atoms with Gasteiger partial charge in [-0.3, -0.25) is 0 Å². The minimum absolute atomic E-state index is 0.0454. The molecule has 0 heterocycles. The van der Waals surface area contributed by atoms with Gasteiger partial charge in [0.05, 0.1) is 30.4 Å². The average molecular weight is 643 g/mol. The van der Waals surface area contributed by atoms with E-state index in [2.05, 4.69) is 42.5 Å². The van der Waals surface area contributed by atoms with Crippen LogP contribution in [0.2, 0.25) is 0 Å². The maximum Gasteiger partial charge on any atom is 0.537 e. The van der Waals surface area contributed by atoms with Crippen LogP contribution in [-0.4, -0.2) is 0 Å². The van der Waals surface area contributed by atoms with E-state index in [0.717, 1.165) is 33.9 Å². The Bertz CT molecular complexity index is 2120. The molecule has 0 aliphatic heterocycles. The maximum absolute atomic E-state index is 9.64. The van der Waals surface area contributed by atoms with E-state index < -0.39 is 0 Å². The normalized spacial score (nSPS) is 10.4. The summed E-state index contributed by atoms with van der Waals surface area (Å²) in [4.78, 5) is 14.0. The Morgan fingerprint density at radius 2 is 0.900 bits per heavy atom. The van der Waals surface area contributed by atoms with E-state index in [1.54, 1.807) is 24.3 Å². The summed E-state index contributed by atoms with van der Waals surface area (Å²) >= 11 is 0. The second-order valence-corrected chi connectivity index (χ2v) is 10.9. The van der Waals surface area contributed by atoms with Crippen molar-refractivity contribution in [1.82, 2.24) is 0 Å². The zero-order chi connectivity index (χ0) is 35.3. The van der Waals surface area contributed by atoms with Crippen molar-refractivity contribution in [1.29, 1.82) is 15.8 Å². The first-order valence-electron chi connectivity index (χ1n) is 15.3. The van der Waals surface area contributed by atoms with Crippen LogP contribution >= 0.6 is 0 Å². The van der Waals surface area contributed by atoms with Gasteiger partial charge >= 0.3 is 5.82 Å². The van der Waals surface area contributed by atoms with Gasteiger partial charge in [-0.05, 0) is 70.8 Å². The van der Waals surface area contributed by atoms with Crippen molar-refractivity contribution in [2.24, 2.45) is 0 Å². The zero-order valence-electron chi connectivity index (χ0n) is 26.7. The number of nitrogens with zero attached hydrogens (tertiary/aromatic N) is 8. The topological polar surface area (TPSA) is 90.9 Å². The standard InChI is InChI=1S/C42H26N8/c1-46-41(28-45)39(26-43)33-17-21-37(22-18-33)49(35-13-6-4-7-14-35)29-31-11-10-12-32(25-31)30-50(36-15-8-5-9-16-36)38-23-19-34(20-24-38)40(27-44)42(47-2)48-3/h4-25H,29-30H2/b41-39-. The lowest BCUT2D eigenvalue weighted by Gasteiger charge is -2.27. The Morgan fingerprint density at radius 3 is 1.28 bits per heavy atom. The Morgan fingerprint density at radius 1 is 0.480 bits per heavy atom. The third-order valence-electron chi connectivity index (χ3n) is 7.86. The molecule has 0 amide bonds. The Labute approximate surface area is 291 Å². The van der Waals surface area contributed by atoms with Gasteiger partial charge in [-0.25, -0.2) is 10.1 Å². The van der Waals surface area contributed by atoms with Crippen LogP contribution < -0.4 is 9.80 Å². The highest BCUT2D eigenvalue weighted by molar-refractivity contribution is 5.84. The highest BCUT2D eigenvalue weighted by Gasteiger charge is 2.18. The lowest BCUT2D eigenvalue weighted by atomic mass is 10.0. The molecule has 0 saturated carbocycles. The van der Waals surface area contributed by atoms with E-state index in [4.69, 9.17) is 19.7 Å². The average Bonchev–Trinajstić information content (AvgIpc) is 3.18. The smallest absolute Gasteiger partial charge is 0.337 e. The van der Waals surface area contributed by atoms with Crippen molar-refractivity contribution in [2.45, 2.75) is 13.1 Å². The SMILES string of the molecule is [C-]#[N+]C([N+]#[C-])=C(C#N)c1ccc(N(Cc2cccc(CN(c3ccccc3)c3ccc(/C(C#N)=C(/C#N)[N+]#[C-])cc3)c2)c2ccccc2)cc1. The van der Waals surface area contributed by atoms with Crippen LogP contribution in [0.5, 0.6) is 0 Å². The van der Waals surface area contributed by atoms with Gasteiger partial charge in [-0.1, -0.05) is 84.9 Å². The first-order valence-corrected chi connectivity index (χ1v) is 15.3. The van der Waals surface area contributed by atoms with E-state index in [1.165, 1.54) is 0 Å². The van der Waals surface area contributed by atoms with Gasteiger partial charge in [-0.15, -0.1) is 0 Å². The van der Waals surface area contributed by atoms with Crippen molar-refractivity contribution in [2.75, 3.05) is 9.80 Å². The van der Waals surface area contributed by atoms with E-state index in [9.17, 15) is 15.8 Å². The molecule has 0 radical (unpaired) electrons. The minimum Gasteiger partial charge on any atom is -0.337 e. The zero-order valence-corrected chi connectivity index (χ0v) is 26.7. The summed E-state index contributed by atoms with van der Waals surface area (Å²) in [6.45, 7) is 22.9. The van der Waals surface area contributed by atoms with Gasteiger partial charge in [0.25, 0.3) is 5.70 Å². The van der Waals surface area contributed by atoms with E-state index >= 15 is 0 Å². The molecule has 0 aromatic heterocycles. The number of nitriles is 3. The summed E-state index contributed by atoms with van der Waals surface area (Å²) in [6.07, 6.45) is 0. The summed E-state index contributed by atoms with van der Waals surface area (Å²) < 4.78 is 0. The number of benzene rings is 5. The summed E-state index contributed by atoms with van der Waals surface area (Å²) in [5.41, 5.74) is 6.69. The molecule has 0 bridgehead atoms. The van der Waals surface area contributed by atoms with E-state index in [1.807, 2.05) is 109 Å². The largest absolute Gasteiger partial charge is 0.537 e. The summed E-state index contributed by atoms with van der Waals surface area (Å²) in [7, 11) is 0. The molecule has 234 valence electrons. The number of allylic oxidation sites excluding steroid dienone is 3. The molecular weight excluding hydrogens is 617 g/mol. The summed E-state index contributed by atoms with van der Waals surface area (Å²) in [5, 5.41) is 28.6. The molecule has 0 aliphatic carbocycles. The molecule has 5 rings (SSSR count). The molecule has 0 saturated heterocycles. The van der Waals surface area contributed by atoms with Gasteiger partial charge in [0.15, 0.2) is 5.57 Å². The molecule has 0 spiro atoms. The van der Waals surface area contributed by atoms with E-state index in [-0.39, 0.29) is 22.7 Å². The Balaban J connectivity index is 1.47. The van der Waals surface area contributed by atoms with Crippen molar-refractivity contribution >= 4 is 33.9 Å². The molecule has 5 aromatic rings. The molecule has 0 atom stereocenters. The first-order chi connectivity index (χ1) is 24.5. The third kappa shape index (κ3) is 7.56. The fourth-order valence-corrected chi connectivity index (χ4v) is 5.46. The molecule has 50 heavy (non-hydrogen) atoms. The maximum atomic E-state index is 9.64. The molecule has 5 aromatic carbocycles. The molecule has 0 N–H and O–H groups in total. The molecule has 8 heteroatoms. The van der Waals surface area contributed by atoms with Gasteiger partial charge in [0.2, 0.25) is 0 Å². The second kappa shape index (κ2) is 16.1. The van der Waals surface area contributed by atoms with Crippen LogP contribution in [0.15, 0.2) is 145 Å². The van der Waals surface area contributed by atoms with E-state index in [0.29, 0.717) is 24.2 Å². The Hall–Kier alpha value is -7.88. The predicted molar refractivity (Wildman–Crippen MR) is 194 cm³/mol. The fourth-order valence-electron chi connectivity index (χ4n) is 5.46. The number of anilines is 4. The fraction of sp³-hybridized carbons (Fsp3) is 0.0476.